The maximum absolute atomic E-state index is 12.6. The topological polar surface area (TPSA) is 76.0 Å². The first-order valence-corrected chi connectivity index (χ1v) is 12.9. The first-order chi connectivity index (χ1) is 16.7. The van der Waals surface area contributed by atoms with E-state index in [1.165, 1.54) is 11.1 Å². The number of aromatic hydroxyl groups is 1. The van der Waals surface area contributed by atoms with Gasteiger partial charge in [0, 0.05) is 5.92 Å². The van der Waals surface area contributed by atoms with E-state index in [9.17, 15) is 14.6 Å². The largest absolute Gasteiger partial charge is 0.584 e. The fourth-order valence-electron chi connectivity index (χ4n) is 4.24. The predicted molar refractivity (Wildman–Crippen MR) is 138 cm³/mol. The minimum absolute atomic E-state index is 0.0268. The van der Waals surface area contributed by atoms with E-state index in [2.05, 4.69) is 25.1 Å². The Kier molecular flexibility index (Phi) is 7.30. The highest BCUT2D eigenvalue weighted by molar-refractivity contribution is 7.48. The number of benzene rings is 4. The lowest BCUT2D eigenvalue weighted by molar-refractivity contribution is 0.291. The van der Waals surface area contributed by atoms with Crippen molar-refractivity contribution in [3.8, 4) is 17.2 Å². The van der Waals surface area contributed by atoms with E-state index in [0.717, 1.165) is 28.7 Å². The first kappa shape index (κ1) is 24.6. The Morgan fingerprint density at radius 1 is 0.714 bits per heavy atom. The van der Waals surface area contributed by atoms with E-state index < -0.39 is 7.82 Å². The number of phosphoric acid groups is 1. The van der Waals surface area contributed by atoms with Crippen LogP contribution in [0.1, 0.15) is 39.3 Å². The molecule has 4 aromatic rings. The highest BCUT2D eigenvalue weighted by Gasteiger charge is 2.25. The quantitative estimate of drug-likeness (QED) is 0.256. The van der Waals surface area contributed by atoms with Crippen molar-refractivity contribution in [1.29, 1.82) is 0 Å². The lowest BCUT2D eigenvalue weighted by Crippen LogP contribution is -2.06. The second kappa shape index (κ2) is 10.4. The summed E-state index contributed by atoms with van der Waals surface area (Å²) in [5, 5.41) is 9.74. The molecular weight excluding hydrogens is 459 g/mol. The van der Waals surface area contributed by atoms with Crippen molar-refractivity contribution in [2.24, 2.45) is 0 Å². The Bertz CT molecular complexity index is 1330. The summed E-state index contributed by atoms with van der Waals surface area (Å²) in [7, 11) is -4.37. The highest BCUT2D eigenvalue weighted by atomic mass is 31.2. The molecule has 0 saturated heterocycles. The lowest BCUT2D eigenvalue weighted by atomic mass is 9.85. The Balaban J connectivity index is 1.55. The van der Waals surface area contributed by atoms with Crippen molar-refractivity contribution in [2.45, 2.75) is 33.1 Å². The van der Waals surface area contributed by atoms with Gasteiger partial charge in [0.15, 0.2) is 0 Å². The van der Waals surface area contributed by atoms with Gasteiger partial charge in [-0.1, -0.05) is 60.2 Å². The zero-order valence-electron chi connectivity index (χ0n) is 20.0. The summed E-state index contributed by atoms with van der Waals surface area (Å²) in [5.74, 6) is 0.771. The number of phenolic OH excluding ortho intramolecular Hbond substituents is 1. The summed E-state index contributed by atoms with van der Waals surface area (Å²) in [6.45, 7) is 5.85. The number of phosphoric ester groups is 1. The molecule has 6 heteroatoms. The van der Waals surface area contributed by atoms with Gasteiger partial charge in [-0.3, -0.25) is 4.89 Å². The Morgan fingerprint density at radius 2 is 1.29 bits per heavy atom. The maximum atomic E-state index is 12.6. The average Bonchev–Trinajstić information content (AvgIpc) is 2.77. The third-order valence-corrected chi connectivity index (χ3v) is 6.62. The molecule has 0 saturated carbocycles. The standard InChI is InChI=1S/C29H29O5P/c1-20-5-4-6-23(16-20)19-29(24-7-11-26(30)12-8-24)25-9-13-27(14-10-25)33-35(31,32)34-28-17-21(2)15-22(3)18-28/h4-18,29-30H,19H2,1-3H3,(H,31,32). The van der Waals surface area contributed by atoms with Crippen molar-refractivity contribution in [3.63, 3.8) is 0 Å². The molecule has 180 valence electrons. The van der Waals surface area contributed by atoms with Gasteiger partial charge in [-0.05, 0) is 91.4 Å². The molecule has 0 amide bonds. The summed E-state index contributed by atoms with van der Waals surface area (Å²) in [4.78, 5) is 10.3. The van der Waals surface area contributed by atoms with Gasteiger partial charge in [-0.2, -0.15) is 0 Å². The van der Waals surface area contributed by atoms with Crippen molar-refractivity contribution in [3.05, 3.63) is 124 Å². The number of phenols is 1. The molecule has 0 bridgehead atoms. The molecule has 2 N–H and O–H groups in total. The fourth-order valence-corrected chi connectivity index (χ4v) is 5.04. The maximum Gasteiger partial charge on any atom is 0.584 e. The van der Waals surface area contributed by atoms with Crippen molar-refractivity contribution < 1.29 is 23.6 Å². The SMILES string of the molecule is Cc1cccc(CC(c2ccc(O)cc2)c2ccc(OP(=O)(O)Oc3cc(C)cc(C)c3)cc2)c1. The summed E-state index contributed by atoms with van der Waals surface area (Å²) in [5.41, 5.74) is 6.33. The lowest BCUT2D eigenvalue weighted by Gasteiger charge is -2.20. The van der Waals surface area contributed by atoms with Gasteiger partial charge in [0.05, 0.1) is 0 Å². The third kappa shape index (κ3) is 6.75. The molecule has 4 aromatic carbocycles. The van der Waals surface area contributed by atoms with Crippen LogP contribution >= 0.6 is 7.82 Å². The highest BCUT2D eigenvalue weighted by Crippen LogP contribution is 2.45. The molecule has 0 spiro atoms. The molecule has 0 aliphatic carbocycles. The van der Waals surface area contributed by atoms with Gasteiger partial charge in [0.25, 0.3) is 0 Å². The number of hydrogen-bond acceptors (Lipinski definition) is 4. The molecule has 0 heterocycles. The van der Waals surface area contributed by atoms with E-state index >= 15 is 0 Å². The Hall–Kier alpha value is -3.53. The van der Waals surface area contributed by atoms with Gasteiger partial charge in [0.1, 0.15) is 17.2 Å². The second-order valence-electron chi connectivity index (χ2n) is 8.88. The Labute approximate surface area is 206 Å². The molecule has 0 aliphatic rings. The number of hydrogen-bond donors (Lipinski definition) is 2. The predicted octanol–water partition coefficient (Wildman–Crippen LogP) is 7.25. The molecular formula is C29H29O5P. The van der Waals surface area contributed by atoms with Crippen molar-refractivity contribution in [2.75, 3.05) is 0 Å². The molecule has 0 fully saturated rings. The van der Waals surface area contributed by atoms with E-state index in [-0.39, 0.29) is 23.2 Å². The first-order valence-electron chi connectivity index (χ1n) is 11.4. The van der Waals surface area contributed by atoms with Gasteiger partial charge in [0.2, 0.25) is 0 Å². The van der Waals surface area contributed by atoms with Crippen LogP contribution in [0.15, 0.2) is 91.0 Å². The van der Waals surface area contributed by atoms with Gasteiger partial charge in [-0.25, -0.2) is 4.57 Å². The van der Waals surface area contributed by atoms with E-state index in [0.29, 0.717) is 0 Å². The van der Waals surface area contributed by atoms with Crippen LogP contribution in [-0.4, -0.2) is 10.00 Å². The minimum Gasteiger partial charge on any atom is -0.508 e. The van der Waals surface area contributed by atoms with Gasteiger partial charge in [-0.15, -0.1) is 0 Å². The van der Waals surface area contributed by atoms with Crippen LogP contribution in [0.2, 0.25) is 0 Å². The smallest absolute Gasteiger partial charge is 0.508 e. The summed E-state index contributed by atoms with van der Waals surface area (Å²) in [6, 6.07) is 28.0. The summed E-state index contributed by atoms with van der Waals surface area (Å²) < 4.78 is 23.2. The molecule has 0 aromatic heterocycles. The zero-order valence-corrected chi connectivity index (χ0v) is 20.9. The monoisotopic (exact) mass is 488 g/mol. The van der Waals surface area contributed by atoms with E-state index in [1.807, 2.05) is 50.2 Å². The van der Waals surface area contributed by atoms with Crippen molar-refractivity contribution >= 4 is 7.82 Å². The molecule has 5 nitrogen and oxygen atoms in total. The minimum atomic E-state index is -4.37. The average molecular weight is 489 g/mol. The normalized spacial score (nSPS) is 13.6. The van der Waals surface area contributed by atoms with Crippen LogP contribution < -0.4 is 9.05 Å². The molecule has 2 atom stereocenters. The third-order valence-electron chi connectivity index (χ3n) is 5.74. The summed E-state index contributed by atoms with van der Waals surface area (Å²) in [6.07, 6.45) is 0.765. The number of rotatable bonds is 8. The van der Waals surface area contributed by atoms with Crippen LogP contribution in [0.5, 0.6) is 17.2 Å². The molecule has 4 rings (SSSR count). The van der Waals surface area contributed by atoms with Crippen LogP contribution in [0.3, 0.4) is 0 Å². The second-order valence-corrected chi connectivity index (χ2v) is 10.2. The van der Waals surface area contributed by atoms with Crippen LogP contribution in [-0.2, 0) is 11.0 Å². The van der Waals surface area contributed by atoms with E-state index in [1.54, 1.807) is 36.4 Å². The van der Waals surface area contributed by atoms with Crippen molar-refractivity contribution in [1.82, 2.24) is 0 Å². The zero-order chi connectivity index (χ0) is 25.0. The van der Waals surface area contributed by atoms with E-state index in [4.69, 9.17) is 9.05 Å². The molecule has 2 unspecified atom stereocenters. The molecule has 35 heavy (non-hydrogen) atoms. The van der Waals surface area contributed by atoms with Crippen LogP contribution in [0, 0.1) is 20.8 Å². The molecule has 0 radical (unpaired) electrons. The van der Waals surface area contributed by atoms with Gasteiger partial charge >= 0.3 is 7.82 Å². The number of aryl methyl sites for hydroxylation is 3. The molecule has 0 aliphatic heterocycles. The van der Waals surface area contributed by atoms with Crippen LogP contribution in [0.4, 0.5) is 0 Å². The Morgan fingerprint density at radius 3 is 1.89 bits per heavy atom. The fraction of sp³-hybridized carbons (Fsp3) is 0.172. The van der Waals surface area contributed by atoms with Crippen LogP contribution in [0.25, 0.3) is 0 Å². The summed E-state index contributed by atoms with van der Waals surface area (Å²) >= 11 is 0. The van der Waals surface area contributed by atoms with Gasteiger partial charge < -0.3 is 14.2 Å².